The highest BCUT2D eigenvalue weighted by Crippen LogP contribution is 2.30. The molecule has 0 saturated carbocycles. The summed E-state index contributed by atoms with van der Waals surface area (Å²) in [6.45, 7) is 2.95. The molecule has 4 rings (SSSR count). The molecule has 0 fully saturated rings. The van der Waals surface area contributed by atoms with Crippen molar-refractivity contribution in [3.8, 4) is 17.1 Å². The van der Waals surface area contributed by atoms with Crippen molar-refractivity contribution in [1.29, 1.82) is 0 Å². The Morgan fingerprint density at radius 2 is 1.82 bits per heavy atom. The number of rotatable bonds is 9. The number of carbonyl (C=O) groups is 1. The number of ether oxygens (including phenoxy) is 1. The number of aryl methyl sites for hydroxylation is 1. The van der Waals surface area contributed by atoms with E-state index in [9.17, 15) is 9.18 Å². The quantitative estimate of drug-likeness (QED) is 0.270. The number of amides is 1. The normalized spacial score (nSPS) is 10.9. The number of thioether (sulfide) groups is 1. The summed E-state index contributed by atoms with van der Waals surface area (Å²) in [5, 5.41) is 12.4. The summed E-state index contributed by atoms with van der Waals surface area (Å²) in [4.78, 5) is 12.4. The van der Waals surface area contributed by atoms with Gasteiger partial charge >= 0.3 is 0 Å². The Bertz CT molecular complexity index is 1260. The van der Waals surface area contributed by atoms with Crippen LogP contribution in [0.1, 0.15) is 21.5 Å². The van der Waals surface area contributed by atoms with Crippen molar-refractivity contribution >= 4 is 17.7 Å². The standard InChI is InChI=1S/C26H25FN4O2S/c1-18-6-8-20(9-7-18)24-29-30-26(31(24)23-12-10-22(27)11-13-23)34-17-19-4-3-5-21(16-19)25(32)28-14-15-33-2/h3-13,16H,14-15,17H2,1-2H3,(H,28,32). The second-order valence-corrected chi connectivity index (χ2v) is 8.66. The molecule has 0 atom stereocenters. The molecule has 0 aliphatic carbocycles. The first-order valence-corrected chi connectivity index (χ1v) is 11.8. The maximum absolute atomic E-state index is 13.6. The lowest BCUT2D eigenvalue weighted by Crippen LogP contribution is -2.26. The molecular weight excluding hydrogens is 451 g/mol. The number of nitrogens with zero attached hydrogens (tertiary/aromatic N) is 3. The lowest BCUT2D eigenvalue weighted by molar-refractivity contribution is 0.0937. The van der Waals surface area contributed by atoms with Crippen LogP contribution in [0, 0.1) is 12.7 Å². The average Bonchev–Trinajstić information content (AvgIpc) is 3.28. The van der Waals surface area contributed by atoms with Gasteiger partial charge in [0.25, 0.3) is 5.91 Å². The average molecular weight is 477 g/mol. The second kappa shape index (κ2) is 11.1. The van der Waals surface area contributed by atoms with E-state index in [1.807, 2.05) is 54.0 Å². The summed E-state index contributed by atoms with van der Waals surface area (Å²) in [6.07, 6.45) is 0. The largest absolute Gasteiger partial charge is 0.383 e. The molecule has 8 heteroatoms. The Kier molecular flexibility index (Phi) is 7.72. The van der Waals surface area contributed by atoms with Crippen molar-refractivity contribution in [3.63, 3.8) is 0 Å². The monoisotopic (exact) mass is 476 g/mol. The van der Waals surface area contributed by atoms with Crippen molar-refractivity contribution in [3.05, 3.63) is 95.3 Å². The number of nitrogens with one attached hydrogen (secondary N) is 1. The number of methoxy groups -OCH3 is 1. The SMILES string of the molecule is COCCNC(=O)c1cccc(CSc2nnc(-c3ccc(C)cc3)n2-c2ccc(F)cc2)c1. The van der Waals surface area contributed by atoms with Gasteiger partial charge in [0, 0.05) is 36.2 Å². The fourth-order valence-corrected chi connectivity index (χ4v) is 4.29. The van der Waals surface area contributed by atoms with Crippen LogP contribution in [-0.2, 0) is 10.5 Å². The lowest BCUT2D eigenvalue weighted by Gasteiger charge is -2.11. The van der Waals surface area contributed by atoms with Crippen molar-refractivity contribution in [2.24, 2.45) is 0 Å². The van der Waals surface area contributed by atoms with Crippen LogP contribution in [0.3, 0.4) is 0 Å². The van der Waals surface area contributed by atoms with Crippen LogP contribution in [0.4, 0.5) is 4.39 Å². The third-order valence-electron chi connectivity index (χ3n) is 5.18. The van der Waals surface area contributed by atoms with Crippen LogP contribution in [0.25, 0.3) is 17.1 Å². The Hall–Kier alpha value is -3.49. The topological polar surface area (TPSA) is 69.0 Å². The number of benzene rings is 3. The fraction of sp³-hybridized carbons (Fsp3) is 0.192. The van der Waals surface area contributed by atoms with Gasteiger partial charge < -0.3 is 10.1 Å². The molecule has 3 aromatic carbocycles. The van der Waals surface area contributed by atoms with Crippen molar-refractivity contribution < 1.29 is 13.9 Å². The molecule has 0 saturated heterocycles. The van der Waals surface area contributed by atoms with E-state index < -0.39 is 0 Å². The molecule has 1 N–H and O–H groups in total. The number of halogens is 1. The van der Waals surface area contributed by atoms with E-state index in [1.54, 1.807) is 25.3 Å². The minimum atomic E-state index is -0.302. The van der Waals surface area contributed by atoms with Gasteiger partial charge in [-0.15, -0.1) is 10.2 Å². The van der Waals surface area contributed by atoms with Gasteiger partial charge in [0.1, 0.15) is 5.82 Å². The summed E-state index contributed by atoms with van der Waals surface area (Å²) < 4.78 is 20.5. The molecule has 174 valence electrons. The van der Waals surface area contributed by atoms with Gasteiger partial charge in [-0.05, 0) is 48.9 Å². The maximum atomic E-state index is 13.6. The zero-order valence-corrected chi connectivity index (χ0v) is 19.8. The Morgan fingerprint density at radius 1 is 1.06 bits per heavy atom. The van der Waals surface area contributed by atoms with E-state index in [0.717, 1.165) is 22.4 Å². The number of carbonyl (C=O) groups excluding carboxylic acids is 1. The minimum Gasteiger partial charge on any atom is -0.383 e. The van der Waals surface area contributed by atoms with Crippen molar-refractivity contribution in [1.82, 2.24) is 20.1 Å². The smallest absolute Gasteiger partial charge is 0.251 e. The molecule has 0 spiro atoms. The van der Waals surface area contributed by atoms with Gasteiger partial charge in [-0.2, -0.15) is 0 Å². The lowest BCUT2D eigenvalue weighted by atomic mass is 10.1. The van der Waals surface area contributed by atoms with E-state index >= 15 is 0 Å². The zero-order valence-electron chi connectivity index (χ0n) is 19.0. The zero-order chi connectivity index (χ0) is 23.9. The predicted octanol–water partition coefficient (Wildman–Crippen LogP) is 5.05. The van der Waals surface area contributed by atoms with Crippen molar-refractivity contribution in [2.75, 3.05) is 20.3 Å². The van der Waals surface area contributed by atoms with E-state index in [-0.39, 0.29) is 11.7 Å². The third kappa shape index (κ3) is 5.70. The van der Waals surface area contributed by atoms with Crippen LogP contribution in [0.15, 0.2) is 78.0 Å². The number of hydrogen-bond acceptors (Lipinski definition) is 5. The van der Waals surface area contributed by atoms with Gasteiger partial charge in [0.15, 0.2) is 11.0 Å². The molecule has 0 unspecified atom stereocenters. The van der Waals surface area contributed by atoms with Crippen LogP contribution >= 0.6 is 11.8 Å². The van der Waals surface area contributed by atoms with Gasteiger partial charge in [-0.3, -0.25) is 9.36 Å². The summed E-state index contributed by atoms with van der Waals surface area (Å²) in [7, 11) is 1.60. The highest BCUT2D eigenvalue weighted by Gasteiger charge is 2.17. The van der Waals surface area contributed by atoms with E-state index in [1.165, 1.54) is 23.9 Å². The van der Waals surface area contributed by atoms with Crippen LogP contribution in [-0.4, -0.2) is 40.9 Å². The molecule has 0 aliphatic rings. The summed E-state index contributed by atoms with van der Waals surface area (Å²) in [6, 6.07) is 21.8. The van der Waals surface area contributed by atoms with Crippen molar-refractivity contribution in [2.45, 2.75) is 17.8 Å². The summed E-state index contributed by atoms with van der Waals surface area (Å²) in [5.41, 5.74) is 4.42. The van der Waals surface area contributed by atoms with Gasteiger partial charge in [0.05, 0.1) is 6.61 Å². The summed E-state index contributed by atoms with van der Waals surface area (Å²) in [5.74, 6) is 0.829. The molecule has 1 heterocycles. The Labute approximate surface area is 202 Å². The van der Waals surface area contributed by atoms with E-state index in [2.05, 4.69) is 15.5 Å². The fourth-order valence-electron chi connectivity index (χ4n) is 3.39. The predicted molar refractivity (Wildman–Crippen MR) is 132 cm³/mol. The first-order valence-electron chi connectivity index (χ1n) is 10.8. The minimum absolute atomic E-state index is 0.139. The summed E-state index contributed by atoms with van der Waals surface area (Å²) >= 11 is 1.50. The Morgan fingerprint density at radius 3 is 2.56 bits per heavy atom. The molecule has 6 nitrogen and oxygen atoms in total. The third-order valence-corrected chi connectivity index (χ3v) is 6.18. The molecule has 1 amide bonds. The highest BCUT2D eigenvalue weighted by molar-refractivity contribution is 7.98. The first-order chi connectivity index (χ1) is 16.5. The van der Waals surface area contributed by atoms with E-state index in [0.29, 0.717) is 35.4 Å². The maximum Gasteiger partial charge on any atom is 0.251 e. The molecule has 1 aromatic heterocycles. The van der Waals surface area contributed by atoms with Gasteiger partial charge in [-0.25, -0.2) is 4.39 Å². The number of hydrogen-bond donors (Lipinski definition) is 1. The van der Waals surface area contributed by atoms with E-state index in [4.69, 9.17) is 4.74 Å². The molecule has 0 aliphatic heterocycles. The van der Waals surface area contributed by atoms with Crippen LogP contribution in [0.2, 0.25) is 0 Å². The molecule has 0 bridgehead atoms. The highest BCUT2D eigenvalue weighted by atomic mass is 32.2. The first kappa shape index (κ1) is 23.7. The second-order valence-electron chi connectivity index (χ2n) is 7.72. The molecular formula is C26H25FN4O2S. The molecule has 0 radical (unpaired) electrons. The van der Waals surface area contributed by atoms with Gasteiger partial charge in [-0.1, -0.05) is 53.7 Å². The van der Waals surface area contributed by atoms with Gasteiger partial charge in [0.2, 0.25) is 0 Å². The Balaban J connectivity index is 1.59. The molecule has 4 aromatic rings. The van der Waals surface area contributed by atoms with Crippen LogP contribution < -0.4 is 5.32 Å². The van der Waals surface area contributed by atoms with Crippen LogP contribution in [0.5, 0.6) is 0 Å². The number of aromatic nitrogens is 3. The molecule has 34 heavy (non-hydrogen) atoms.